The van der Waals surface area contributed by atoms with Gasteiger partial charge in [0.05, 0.1) is 5.56 Å². The number of carbonyl (C=O) groups is 2. The molecule has 0 aliphatic carbocycles. The Labute approximate surface area is 120 Å². The summed E-state index contributed by atoms with van der Waals surface area (Å²) in [5.41, 5.74) is -0.742. The fourth-order valence-electron chi connectivity index (χ4n) is 2.12. The van der Waals surface area contributed by atoms with Crippen LogP contribution in [0, 0.1) is 0 Å². The minimum atomic E-state index is -4.49. The van der Waals surface area contributed by atoms with Crippen LogP contribution in [0.25, 0.3) is 0 Å². The molecule has 1 aromatic carbocycles. The standard InChI is InChI=1S/C14H16F3NO3/c1-8(2)18(9(3)19)12(13(20)21)10-4-6-11(7-5-10)14(15,16)17/h4-8,12H,1-3H3,(H,20,21). The van der Waals surface area contributed by atoms with Crippen LogP contribution in [0.5, 0.6) is 0 Å². The first kappa shape index (κ1) is 17.0. The molecule has 1 atom stereocenters. The fraction of sp³-hybridized carbons (Fsp3) is 0.429. The molecule has 0 fully saturated rings. The molecule has 0 radical (unpaired) electrons. The second-order valence-electron chi connectivity index (χ2n) is 4.88. The van der Waals surface area contributed by atoms with Gasteiger partial charge in [0, 0.05) is 13.0 Å². The van der Waals surface area contributed by atoms with Crippen molar-refractivity contribution in [3.63, 3.8) is 0 Å². The summed E-state index contributed by atoms with van der Waals surface area (Å²) in [6.07, 6.45) is -4.49. The van der Waals surface area contributed by atoms with Crippen molar-refractivity contribution in [2.75, 3.05) is 0 Å². The molecular weight excluding hydrogens is 287 g/mol. The number of aliphatic carboxylic acids is 1. The minimum absolute atomic E-state index is 0.124. The first-order valence-electron chi connectivity index (χ1n) is 6.24. The molecule has 0 heterocycles. The normalized spacial score (nSPS) is 13.1. The molecule has 0 aromatic heterocycles. The van der Waals surface area contributed by atoms with E-state index in [1.165, 1.54) is 6.92 Å². The van der Waals surface area contributed by atoms with E-state index in [2.05, 4.69) is 0 Å². The number of nitrogens with zero attached hydrogens (tertiary/aromatic N) is 1. The van der Waals surface area contributed by atoms with Crippen LogP contribution in [0.15, 0.2) is 24.3 Å². The molecule has 0 aliphatic rings. The zero-order chi connectivity index (χ0) is 16.4. The number of amides is 1. The van der Waals surface area contributed by atoms with Crippen molar-refractivity contribution < 1.29 is 27.9 Å². The molecule has 7 heteroatoms. The summed E-state index contributed by atoms with van der Waals surface area (Å²) in [6.45, 7) is 4.50. The van der Waals surface area contributed by atoms with E-state index in [0.717, 1.165) is 29.2 Å². The zero-order valence-corrected chi connectivity index (χ0v) is 11.8. The van der Waals surface area contributed by atoms with Gasteiger partial charge in [-0.3, -0.25) is 4.79 Å². The lowest BCUT2D eigenvalue weighted by molar-refractivity contribution is -0.151. The number of halogens is 3. The lowest BCUT2D eigenvalue weighted by Crippen LogP contribution is -2.42. The lowest BCUT2D eigenvalue weighted by atomic mass is 10.0. The van der Waals surface area contributed by atoms with Gasteiger partial charge in [0.15, 0.2) is 6.04 Å². The summed E-state index contributed by atoms with van der Waals surface area (Å²) in [5.74, 6) is -1.75. The summed E-state index contributed by atoms with van der Waals surface area (Å²) in [7, 11) is 0. The van der Waals surface area contributed by atoms with Crippen molar-refractivity contribution >= 4 is 11.9 Å². The number of hydrogen-bond acceptors (Lipinski definition) is 2. The van der Waals surface area contributed by atoms with Crippen molar-refractivity contribution in [2.24, 2.45) is 0 Å². The fourth-order valence-corrected chi connectivity index (χ4v) is 2.12. The number of rotatable bonds is 4. The number of hydrogen-bond donors (Lipinski definition) is 1. The van der Waals surface area contributed by atoms with Gasteiger partial charge in [-0.05, 0) is 31.5 Å². The van der Waals surface area contributed by atoms with Gasteiger partial charge in [0.2, 0.25) is 5.91 Å². The average Bonchev–Trinajstić information content (AvgIpc) is 2.33. The molecule has 0 bridgehead atoms. The Bertz CT molecular complexity index is 523. The van der Waals surface area contributed by atoms with Crippen LogP contribution in [0.4, 0.5) is 13.2 Å². The largest absolute Gasteiger partial charge is 0.479 e. The summed E-state index contributed by atoms with van der Waals surface area (Å²) in [4.78, 5) is 24.1. The van der Waals surface area contributed by atoms with Crippen LogP contribution in [0.1, 0.15) is 37.9 Å². The Hall–Kier alpha value is -2.05. The average molecular weight is 303 g/mol. The van der Waals surface area contributed by atoms with Gasteiger partial charge in [-0.15, -0.1) is 0 Å². The molecule has 0 saturated carbocycles. The summed E-state index contributed by atoms with van der Waals surface area (Å²) >= 11 is 0. The molecule has 1 amide bonds. The van der Waals surface area contributed by atoms with Crippen molar-refractivity contribution in [2.45, 2.75) is 39.0 Å². The predicted molar refractivity (Wildman–Crippen MR) is 69.5 cm³/mol. The van der Waals surface area contributed by atoms with E-state index in [0.29, 0.717) is 0 Å². The van der Waals surface area contributed by atoms with Gasteiger partial charge in [-0.1, -0.05) is 12.1 Å². The van der Waals surface area contributed by atoms with Crippen molar-refractivity contribution in [3.8, 4) is 0 Å². The number of alkyl halides is 3. The molecule has 0 spiro atoms. The molecule has 0 aliphatic heterocycles. The second kappa shape index (κ2) is 6.15. The quantitative estimate of drug-likeness (QED) is 0.930. The number of carboxylic acids is 1. The summed E-state index contributed by atoms with van der Waals surface area (Å²) < 4.78 is 37.5. The number of benzene rings is 1. The molecule has 21 heavy (non-hydrogen) atoms. The van der Waals surface area contributed by atoms with Crippen molar-refractivity contribution in [1.82, 2.24) is 4.90 Å². The van der Waals surface area contributed by atoms with Crippen LogP contribution in [0.2, 0.25) is 0 Å². The second-order valence-corrected chi connectivity index (χ2v) is 4.88. The Morgan fingerprint density at radius 2 is 1.62 bits per heavy atom. The highest BCUT2D eigenvalue weighted by Gasteiger charge is 2.33. The molecule has 1 rings (SSSR count). The van der Waals surface area contributed by atoms with Crippen molar-refractivity contribution in [1.29, 1.82) is 0 Å². The first-order valence-corrected chi connectivity index (χ1v) is 6.24. The number of carbonyl (C=O) groups excluding carboxylic acids is 1. The molecule has 1 aromatic rings. The smallest absolute Gasteiger partial charge is 0.416 e. The minimum Gasteiger partial charge on any atom is -0.479 e. The van der Waals surface area contributed by atoms with E-state index in [1.807, 2.05) is 0 Å². The van der Waals surface area contributed by atoms with Crippen LogP contribution in [0.3, 0.4) is 0 Å². The monoisotopic (exact) mass is 303 g/mol. The highest BCUT2D eigenvalue weighted by atomic mass is 19.4. The highest BCUT2D eigenvalue weighted by Crippen LogP contribution is 2.31. The van der Waals surface area contributed by atoms with Gasteiger partial charge in [-0.25, -0.2) is 4.79 Å². The van der Waals surface area contributed by atoms with E-state index in [9.17, 15) is 27.9 Å². The van der Waals surface area contributed by atoms with E-state index in [1.54, 1.807) is 13.8 Å². The zero-order valence-electron chi connectivity index (χ0n) is 11.8. The Morgan fingerprint density at radius 3 is 1.90 bits per heavy atom. The van der Waals surface area contributed by atoms with Crippen molar-refractivity contribution in [3.05, 3.63) is 35.4 Å². The first-order chi connectivity index (χ1) is 9.55. The molecule has 1 N–H and O–H groups in total. The van der Waals surface area contributed by atoms with Gasteiger partial charge in [0.1, 0.15) is 0 Å². The van der Waals surface area contributed by atoms with Crippen LogP contribution in [-0.2, 0) is 15.8 Å². The van der Waals surface area contributed by atoms with E-state index < -0.39 is 35.7 Å². The van der Waals surface area contributed by atoms with Gasteiger partial charge >= 0.3 is 12.1 Å². The molecular formula is C14H16F3NO3. The maximum atomic E-state index is 12.5. The SMILES string of the molecule is CC(=O)N(C(C)C)C(C(=O)O)c1ccc(C(F)(F)F)cc1. The maximum Gasteiger partial charge on any atom is 0.416 e. The third-order valence-corrected chi connectivity index (χ3v) is 2.99. The van der Waals surface area contributed by atoms with Gasteiger partial charge in [0.25, 0.3) is 0 Å². The van der Waals surface area contributed by atoms with Gasteiger partial charge in [-0.2, -0.15) is 13.2 Å². The predicted octanol–water partition coefficient (Wildman–Crippen LogP) is 3.09. The van der Waals surface area contributed by atoms with Gasteiger partial charge < -0.3 is 10.0 Å². The van der Waals surface area contributed by atoms with E-state index >= 15 is 0 Å². The topological polar surface area (TPSA) is 57.6 Å². The number of carboxylic acid groups (broad SMARTS) is 1. The Kier molecular flexibility index (Phi) is 4.98. The lowest BCUT2D eigenvalue weighted by Gasteiger charge is -2.32. The molecule has 4 nitrogen and oxygen atoms in total. The molecule has 1 unspecified atom stereocenters. The third-order valence-electron chi connectivity index (χ3n) is 2.99. The van der Waals surface area contributed by atoms with Crippen LogP contribution >= 0.6 is 0 Å². The summed E-state index contributed by atoms with van der Waals surface area (Å²) in [5, 5.41) is 9.31. The molecule has 116 valence electrons. The Morgan fingerprint density at radius 1 is 1.14 bits per heavy atom. The maximum absolute atomic E-state index is 12.5. The van der Waals surface area contributed by atoms with Crippen LogP contribution < -0.4 is 0 Å². The summed E-state index contributed by atoms with van der Waals surface area (Å²) in [6, 6.07) is 2.07. The highest BCUT2D eigenvalue weighted by molar-refractivity contribution is 5.83. The third kappa shape index (κ3) is 3.96. The van der Waals surface area contributed by atoms with Crippen LogP contribution in [-0.4, -0.2) is 27.9 Å². The van der Waals surface area contributed by atoms with E-state index in [-0.39, 0.29) is 5.56 Å². The molecule has 0 saturated heterocycles. The Balaban J connectivity index is 3.24. The van der Waals surface area contributed by atoms with E-state index in [4.69, 9.17) is 0 Å².